The number of hydrogen-bond acceptors (Lipinski definition) is 6. The number of ether oxygens (including phenoxy) is 2. The van der Waals surface area contributed by atoms with Gasteiger partial charge in [-0.05, 0) is 12.1 Å². The lowest BCUT2D eigenvalue weighted by atomic mass is 10.3. The number of hydrogen-bond donors (Lipinski definition) is 2. The Morgan fingerprint density at radius 3 is 2.62 bits per heavy atom. The van der Waals surface area contributed by atoms with Crippen LogP contribution in [-0.4, -0.2) is 34.6 Å². The first-order valence-corrected chi connectivity index (χ1v) is 7.14. The zero-order valence-electron chi connectivity index (χ0n) is 13.1. The summed E-state index contributed by atoms with van der Waals surface area (Å²) in [6.07, 6.45) is 1.10. The monoisotopic (exact) mass is 369 g/mol. The summed E-state index contributed by atoms with van der Waals surface area (Å²) in [4.78, 5) is 47.7. The van der Waals surface area contributed by atoms with E-state index < -0.39 is 42.9 Å². The Bertz CT molecular complexity index is 908. The summed E-state index contributed by atoms with van der Waals surface area (Å²) in [5.74, 6) is -1.95. The van der Waals surface area contributed by atoms with Crippen molar-refractivity contribution in [3.63, 3.8) is 0 Å². The van der Waals surface area contributed by atoms with Crippen molar-refractivity contribution in [1.29, 1.82) is 0 Å². The molecule has 9 nitrogen and oxygen atoms in total. The first-order valence-electron chi connectivity index (χ1n) is 7.14. The number of H-pyrrole nitrogens is 1. The van der Waals surface area contributed by atoms with Gasteiger partial charge in [0, 0.05) is 12.3 Å². The van der Waals surface area contributed by atoms with Crippen LogP contribution in [-0.2, 0) is 20.9 Å². The molecule has 0 radical (unpaired) electrons. The molecule has 0 aliphatic heterocycles. The number of para-hydroxylation sites is 2. The van der Waals surface area contributed by atoms with Crippen LogP contribution in [0, 0.1) is 0 Å². The van der Waals surface area contributed by atoms with Gasteiger partial charge in [-0.3, -0.25) is 23.9 Å². The average molecular weight is 369 g/mol. The molecule has 2 rings (SSSR count). The number of benzene rings is 1. The Morgan fingerprint density at radius 1 is 1.19 bits per heavy atom. The van der Waals surface area contributed by atoms with Crippen molar-refractivity contribution < 1.29 is 27.8 Å². The van der Waals surface area contributed by atoms with Crippen LogP contribution in [0.1, 0.15) is 0 Å². The number of aromatic amines is 1. The molecule has 11 heteroatoms. The summed E-state index contributed by atoms with van der Waals surface area (Å²) in [6, 6.07) is 6.53. The molecule has 2 N–H and O–H groups in total. The van der Waals surface area contributed by atoms with Gasteiger partial charge in [-0.15, -0.1) is 0 Å². The average Bonchev–Trinajstić information content (AvgIpc) is 2.57. The minimum Gasteiger partial charge on any atom is -0.454 e. The van der Waals surface area contributed by atoms with Crippen molar-refractivity contribution in [2.75, 3.05) is 11.9 Å². The maximum Gasteiger partial charge on any atom is 0.387 e. The number of rotatable bonds is 7. The van der Waals surface area contributed by atoms with Crippen LogP contribution in [0.4, 0.5) is 14.5 Å². The Morgan fingerprint density at radius 2 is 1.92 bits per heavy atom. The summed E-state index contributed by atoms with van der Waals surface area (Å²) < 4.78 is 34.4. The molecule has 0 spiro atoms. The van der Waals surface area contributed by atoms with Gasteiger partial charge < -0.3 is 14.8 Å². The summed E-state index contributed by atoms with van der Waals surface area (Å²) >= 11 is 0. The summed E-state index contributed by atoms with van der Waals surface area (Å²) in [6.45, 7) is -4.30. The van der Waals surface area contributed by atoms with Gasteiger partial charge in [0.2, 0.25) is 0 Å². The second-order valence-electron chi connectivity index (χ2n) is 4.82. The van der Waals surface area contributed by atoms with E-state index in [1.165, 1.54) is 24.3 Å². The molecule has 26 heavy (non-hydrogen) atoms. The number of anilines is 1. The van der Waals surface area contributed by atoms with Gasteiger partial charge in [-0.2, -0.15) is 8.78 Å². The molecule has 0 saturated carbocycles. The third-order valence-corrected chi connectivity index (χ3v) is 2.94. The van der Waals surface area contributed by atoms with Gasteiger partial charge in [-0.1, -0.05) is 12.1 Å². The van der Waals surface area contributed by atoms with E-state index in [1.54, 1.807) is 0 Å². The number of nitrogens with zero attached hydrogens (tertiary/aromatic N) is 1. The quantitative estimate of drug-likeness (QED) is 0.679. The maximum atomic E-state index is 12.3. The highest BCUT2D eigenvalue weighted by Gasteiger charge is 2.13. The molecule has 0 atom stereocenters. The minimum atomic E-state index is -3.07. The summed E-state index contributed by atoms with van der Waals surface area (Å²) in [7, 11) is 0. The lowest BCUT2D eigenvalue weighted by Gasteiger charge is -2.12. The van der Waals surface area contributed by atoms with Crippen LogP contribution in [0.15, 0.2) is 46.1 Å². The van der Waals surface area contributed by atoms with Gasteiger partial charge in [0.05, 0.1) is 5.69 Å². The lowest BCUT2D eigenvalue weighted by molar-refractivity contribution is -0.148. The fourth-order valence-corrected chi connectivity index (χ4v) is 1.85. The van der Waals surface area contributed by atoms with Crippen molar-refractivity contribution >= 4 is 17.6 Å². The van der Waals surface area contributed by atoms with E-state index in [0.717, 1.165) is 16.8 Å². The van der Waals surface area contributed by atoms with E-state index in [4.69, 9.17) is 4.74 Å². The number of halogens is 2. The van der Waals surface area contributed by atoms with E-state index in [1.807, 2.05) is 4.98 Å². The summed E-state index contributed by atoms with van der Waals surface area (Å²) in [5, 5.41) is 2.26. The Hall–Kier alpha value is -3.50. The highest BCUT2D eigenvalue weighted by Crippen LogP contribution is 2.25. The van der Waals surface area contributed by atoms with Gasteiger partial charge >= 0.3 is 18.3 Å². The number of esters is 1. The number of amides is 1. The molecule has 1 heterocycles. The fraction of sp³-hybridized carbons (Fsp3) is 0.200. The molecule has 0 bridgehead atoms. The van der Waals surface area contributed by atoms with Crippen molar-refractivity contribution in [3.05, 3.63) is 57.4 Å². The molecule has 2 aromatic rings. The highest BCUT2D eigenvalue weighted by atomic mass is 19.3. The smallest absolute Gasteiger partial charge is 0.387 e. The third kappa shape index (κ3) is 5.54. The molecule has 1 amide bonds. The lowest BCUT2D eigenvalue weighted by Crippen LogP contribution is -2.32. The largest absolute Gasteiger partial charge is 0.454 e. The van der Waals surface area contributed by atoms with Gasteiger partial charge in [-0.25, -0.2) is 4.79 Å². The second-order valence-corrected chi connectivity index (χ2v) is 4.82. The number of alkyl halides is 2. The fourth-order valence-electron chi connectivity index (χ4n) is 1.85. The SMILES string of the molecule is O=C(COC(=O)Cn1ccc(=O)[nH]c1=O)Nc1ccccc1OC(F)F. The van der Waals surface area contributed by atoms with E-state index >= 15 is 0 Å². The number of nitrogens with one attached hydrogen (secondary N) is 2. The van der Waals surface area contributed by atoms with E-state index in [9.17, 15) is 28.0 Å². The summed E-state index contributed by atoms with van der Waals surface area (Å²) in [5.41, 5.74) is -1.45. The highest BCUT2D eigenvalue weighted by molar-refractivity contribution is 5.94. The Labute approximate surface area is 144 Å². The zero-order valence-corrected chi connectivity index (χ0v) is 13.1. The number of carbonyl (C=O) groups is 2. The zero-order chi connectivity index (χ0) is 19.1. The predicted molar refractivity (Wildman–Crippen MR) is 84.0 cm³/mol. The van der Waals surface area contributed by atoms with E-state index in [-0.39, 0.29) is 11.4 Å². The molecule has 0 unspecified atom stereocenters. The van der Waals surface area contributed by atoms with Crippen molar-refractivity contribution in [1.82, 2.24) is 9.55 Å². The molecule has 1 aromatic carbocycles. The molecular weight excluding hydrogens is 356 g/mol. The third-order valence-electron chi connectivity index (χ3n) is 2.94. The van der Waals surface area contributed by atoms with Crippen LogP contribution < -0.4 is 21.3 Å². The standard InChI is InChI=1S/C15H13F2N3O6/c16-14(17)26-10-4-2-1-3-9(10)18-12(22)8-25-13(23)7-20-6-5-11(21)19-15(20)24/h1-6,14H,7-8H2,(H,18,22)(H,19,21,24). The normalized spacial score (nSPS) is 10.4. The predicted octanol–water partition coefficient (Wildman–Crippen LogP) is 0.320. The second kappa shape index (κ2) is 8.55. The van der Waals surface area contributed by atoms with Gasteiger partial charge in [0.25, 0.3) is 11.5 Å². The van der Waals surface area contributed by atoms with Gasteiger partial charge in [0.1, 0.15) is 12.3 Å². The maximum absolute atomic E-state index is 12.3. The first-order chi connectivity index (χ1) is 12.3. The minimum absolute atomic E-state index is 0.0225. The number of carbonyl (C=O) groups excluding carboxylic acids is 2. The Kier molecular flexibility index (Phi) is 6.20. The van der Waals surface area contributed by atoms with Crippen molar-refractivity contribution in [3.8, 4) is 5.75 Å². The molecule has 0 aliphatic rings. The van der Waals surface area contributed by atoms with Crippen LogP contribution >= 0.6 is 0 Å². The molecule has 0 fully saturated rings. The molecular formula is C15H13F2N3O6. The first kappa shape index (κ1) is 18.8. The topological polar surface area (TPSA) is 119 Å². The van der Waals surface area contributed by atoms with Crippen LogP contribution in [0.3, 0.4) is 0 Å². The Balaban J connectivity index is 1.90. The molecule has 0 aliphatic carbocycles. The van der Waals surface area contributed by atoms with Crippen LogP contribution in [0.5, 0.6) is 5.75 Å². The van der Waals surface area contributed by atoms with Crippen molar-refractivity contribution in [2.45, 2.75) is 13.2 Å². The van der Waals surface area contributed by atoms with Crippen LogP contribution in [0.2, 0.25) is 0 Å². The van der Waals surface area contributed by atoms with Crippen molar-refractivity contribution in [2.24, 2.45) is 0 Å². The number of aromatic nitrogens is 2. The van der Waals surface area contributed by atoms with Crippen LogP contribution in [0.25, 0.3) is 0 Å². The van der Waals surface area contributed by atoms with Gasteiger partial charge in [0.15, 0.2) is 6.61 Å². The molecule has 0 saturated heterocycles. The molecule has 1 aromatic heterocycles. The van der Waals surface area contributed by atoms with E-state index in [2.05, 4.69) is 10.1 Å². The molecule has 138 valence electrons. The van der Waals surface area contributed by atoms with E-state index in [0.29, 0.717) is 0 Å².